The van der Waals surface area contributed by atoms with Crippen LogP contribution in [0.25, 0.3) is 11.0 Å². The van der Waals surface area contributed by atoms with E-state index in [-0.39, 0.29) is 0 Å². The Bertz CT molecular complexity index is 730. The van der Waals surface area contributed by atoms with Crippen molar-refractivity contribution in [2.24, 2.45) is 0 Å². The van der Waals surface area contributed by atoms with Crippen molar-refractivity contribution in [2.45, 2.75) is 26.4 Å². The highest BCUT2D eigenvalue weighted by molar-refractivity contribution is 9.10. The number of rotatable bonds is 1. The number of aromatic nitrogens is 2. The highest BCUT2D eigenvalue weighted by Gasteiger charge is 2.21. The Kier molecular flexibility index (Phi) is 4.33. The van der Waals surface area contributed by atoms with Gasteiger partial charge >= 0.3 is 6.09 Å². The molecule has 23 heavy (non-hydrogen) atoms. The van der Waals surface area contributed by atoms with E-state index in [4.69, 9.17) is 9.47 Å². The molecule has 3 heterocycles. The molecule has 124 valence electrons. The molecule has 2 aromatic heterocycles. The van der Waals surface area contributed by atoms with E-state index in [0.29, 0.717) is 18.9 Å². The van der Waals surface area contributed by atoms with Crippen LogP contribution < -0.4 is 4.90 Å². The Morgan fingerprint density at radius 3 is 2.70 bits per heavy atom. The van der Waals surface area contributed by atoms with Crippen molar-refractivity contribution in [1.82, 2.24) is 9.55 Å². The van der Waals surface area contributed by atoms with Crippen LogP contribution in [-0.4, -0.2) is 47.5 Å². The van der Waals surface area contributed by atoms with Crippen molar-refractivity contribution in [3.05, 3.63) is 22.8 Å². The van der Waals surface area contributed by atoms with Crippen LogP contribution >= 0.6 is 15.9 Å². The Morgan fingerprint density at radius 2 is 2.04 bits per heavy atom. The van der Waals surface area contributed by atoms with Crippen LogP contribution in [0.15, 0.2) is 22.8 Å². The fourth-order valence-electron chi connectivity index (χ4n) is 2.47. The molecule has 0 unspecified atom stereocenters. The van der Waals surface area contributed by atoms with Crippen molar-refractivity contribution in [3.63, 3.8) is 0 Å². The summed E-state index contributed by atoms with van der Waals surface area (Å²) in [5, 5.41) is 0.882. The summed E-state index contributed by atoms with van der Waals surface area (Å²) in [6.07, 6.45) is 1.27. The van der Waals surface area contributed by atoms with E-state index in [1.54, 1.807) is 6.20 Å². The summed E-state index contributed by atoms with van der Waals surface area (Å²) >= 11 is 3.57. The summed E-state index contributed by atoms with van der Waals surface area (Å²) in [7, 11) is 0. The number of ether oxygens (including phenoxy) is 2. The second kappa shape index (κ2) is 6.13. The number of pyridine rings is 1. The van der Waals surface area contributed by atoms with Crippen molar-refractivity contribution in [3.8, 4) is 0 Å². The summed E-state index contributed by atoms with van der Waals surface area (Å²) < 4.78 is 13.2. The molecule has 7 heteroatoms. The number of carbonyl (C=O) groups is 1. The van der Waals surface area contributed by atoms with Crippen LogP contribution in [0.3, 0.4) is 0 Å². The average molecular weight is 382 g/mol. The third-order valence-corrected chi connectivity index (χ3v) is 4.17. The maximum Gasteiger partial charge on any atom is 0.420 e. The van der Waals surface area contributed by atoms with Crippen LogP contribution in [0, 0.1) is 0 Å². The molecule has 0 spiro atoms. The number of nitrogens with zero attached hydrogens (tertiary/aromatic N) is 3. The van der Waals surface area contributed by atoms with Crippen LogP contribution in [0.4, 0.5) is 10.6 Å². The van der Waals surface area contributed by atoms with Crippen molar-refractivity contribution < 1.29 is 14.3 Å². The largest absolute Gasteiger partial charge is 0.443 e. The lowest BCUT2D eigenvalue weighted by Gasteiger charge is -2.28. The highest BCUT2D eigenvalue weighted by atomic mass is 79.9. The van der Waals surface area contributed by atoms with E-state index in [9.17, 15) is 4.79 Å². The van der Waals surface area contributed by atoms with E-state index < -0.39 is 11.7 Å². The van der Waals surface area contributed by atoms with Gasteiger partial charge in [-0.05, 0) is 48.8 Å². The molecular weight excluding hydrogens is 362 g/mol. The topological polar surface area (TPSA) is 56.6 Å². The van der Waals surface area contributed by atoms with Crippen LogP contribution in [-0.2, 0) is 9.47 Å². The van der Waals surface area contributed by atoms with Gasteiger partial charge in [0.15, 0.2) is 5.65 Å². The SMILES string of the molecule is CC(C)(C)OC(=O)n1ccc2c(Br)cc(N3CCOCC3)nc21. The quantitative estimate of drug-likeness (QED) is 0.757. The summed E-state index contributed by atoms with van der Waals surface area (Å²) in [5.41, 5.74) is 0.0438. The van der Waals surface area contributed by atoms with Gasteiger partial charge < -0.3 is 14.4 Å². The zero-order valence-electron chi connectivity index (χ0n) is 13.5. The fourth-order valence-corrected chi connectivity index (χ4v) is 2.98. The third-order valence-electron chi connectivity index (χ3n) is 3.52. The van der Waals surface area contributed by atoms with Crippen LogP contribution in [0.2, 0.25) is 0 Å². The molecule has 0 radical (unpaired) electrons. The standard InChI is InChI=1S/C16H20BrN3O3/c1-16(2,3)23-15(21)20-5-4-11-12(17)10-13(18-14(11)20)19-6-8-22-9-7-19/h4-5,10H,6-9H2,1-3H3. The molecule has 6 nitrogen and oxygen atoms in total. The van der Waals surface area contributed by atoms with Crippen molar-refractivity contribution in [2.75, 3.05) is 31.2 Å². The molecule has 1 aliphatic rings. The lowest BCUT2D eigenvalue weighted by Crippen LogP contribution is -2.36. The summed E-state index contributed by atoms with van der Waals surface area (Å²) in [4.78, 5) is 19.2. The predicted molar refractivity (Wildman–Crippen MR) is 92.1 cm³/mol. The second-order valence-corrected chi connectivity index (χ2v) is 7.32. The molecule has 0 aromatic carbocycles. The van der Waals surface area contributed by atoms with Crippen LogP contribution in [0.1, 0.15) is 20.8 Å². The number of anilines is 1. The van der Waals surface area contributed by atoms with Gasteiger partial charge in [-0.1, -0.05) is 0 Å². The molecule has 1 saturated heterocycles. The van der Waals surface area contributed by atoms with Gasteiger partial charge in [0, 0.05) is 29.1 Å². The minimum Gasteiger partial charge on any atom is -0.443 e. The first-order valence-corrected chi connectivity index (χ1v) is 8.38. The number of hydrogen-bond donors (Lipinski definition) is 0. The van der Waals surface area contributed by atoms with Crippen LogP contribution in [0.5, 0.6) is 0 Å². The molecular formula is C16H20BrN3O3. The van der Waals surface area contributed by atoms with Gasteiger partial charge in [0.1, 0.15) is 11.4 Å². The molecule has 3 rings (SSSR count). The van der Waals surface area contributed by atoms with Gasteiger partial charge in [-0.2, -0.15) is 0 Å². The van der Waals surface area contributed by atoms with Gasteiger partial charge in [0.25, 0.3) is 0 Å². The number of carbonyl (C=O) groups excluding carboxylic acids is 1. The third kappa shape index (κ3) is 3.50. The number of morpholine rings is 1. The van der Waals surface area contributed by atoms with Crippen molar-refractivity contribution >= 4 is 38.9 Å². The molecule has 0 amide bonds. The fraction of sp³-hybridized carbons (Fsp3) is 0.500. The van der Waals surface area contributed by atoms with Gasteiger partial charge in [-0.15, -0.1) is 0 Å². The molecule has 0 atom stereocenters. The Morgan fingerprint density at radius 1 is 1.35 bits per heavy atom. The molecule has 0 bridgehead atoms. The number of fused-ring (bicyclic) bond motifs is 1. The average Bonchev–Trinajstić information content (AvgIpc) is 2.91. The molecule has 2 aromatic rings. The second-order valence-electron chi connectivity index (χ2n) is 6.47. The lowest BCUT2D eigenvalue weighted by molar-refractivity contribution is 0.0543. The smallest absolute Gasteiger partial charge is 0.420 e. The highest BCUT2D eigenvalue weighted by Crippen LogP contribution is 2.29. The van der Waals surface area contributed by atoms with E-state index in [0.717, 1.165) is 28.8 Å². The molecule has 1 fully saturated rings. The minimum absolute atomic E-state index is 0.425. The maximum atomic E-state index is 12.4. The molecule has 1 aliphatic heterocycles. The van der Waals surface area contributed by atoms with Crippen molar-refractivity contribution in [1.29, 1.82) is 0 Å². The van der Waals surface area contributed by atoms with Gasteiger partial charge in [0.2, 0.25) is 0 Å². The molecule has 0 saturated carbocycles. The van der Waals surface area contributed by atoms with E-state index in [2.05, 4.69) is 25.8 Å². The zero-order chi connectivity index (χ0) is 16.6. The Balaban J connectivity index is 2.00. The molecule has 0 aliphatic carbocycles. The normalized spacial score (nSPS) is 15.9. The van der Waals surface area contributed by atoms with Gasteiger partial charge in [0.05, 0.1) is 13.2 Å². The molecule has 0 N–H and O–H groups in total. The predicted octanol–water partition coefficient (Wildman–Crippen LogP) is 3.42. The summed E-state index contributed by atoms with van der Waals surface area (Å²) in [5.74, 6) is 0.830. The first kappa shape index (κ1) is 16.3. The maximum absolute atomic E-state index is 12.4. The number of hydrogen-bond acceptors (Lipinski definition) is 5. The summed E-state index contributed by atoms with van der Waals surface area (Å²) in [6, 6.07) is 3.84. The van der Waals surface area contributed by atoms with E-state index in [1.807, 2.05) is 32.9 Å². The zero-order valence-corrected chi connectivity index (χ0v) is 15.1. The lowest BCUT2D eigenvalue weighted by atomic mass is 10.2. The summed E-state index contributed by atoms with van der Waals surface area (Å²) in [6.45, 7) is 8.49. The number of halogens is 1. The van der Waals surface area contributed by atoms with E-state index in [1.165, 1.54) is 4.57 Å². The van der Waals surface area contributed by atoms with Gasteiger partial charge in [-0.3, -0.25) is 0 Å². The monoisotopic (exact) mass is 381 g/mol. The first-order valence-electron chi connectivity index (χ1n) is 7.59. The minimum atomic E-state index is -0.549. The van der Waals surface area contributed by atoms with Gasteiger partial charge in [-0.25, -0.2) is 14.3 Å². The Hall–Kier alpha value is -1.60. The Labute approximate surface area is 143 Å². The van der Waals surface area contributed by atoms with E-state index >= 15 is 0 Å². The first-order chi connectivity index (χ1) is 10.8.